The molecule has 0 aromatic heterocycles. The Morgan fingerprint density at radius 3 is 0.694 bits per heavy atom. The normalized spacial score (nSPS) is 10.9. The molecular weight excluding hydrogens is 527 g/mol. The average molecular weight is 547 g/mol. The van der Waals surface area contributed by atoms with E-state index in [4.69, 9.17) is 0 Å². The molecule has 6 heteroatoms. The molecule has 36 heavy (non-hydrogen) atoms. The number of hydrogen-bond donors (Lipinski definition) is 0. The van der Waals surface area contributed by atoms with Gasteiger partial charge < -0.3 is 0 Å². The fraction of sp³-hybridized carbons (Fsp3) is 0. The molecule has 0 unspecified atom stereocenters. The van der Waals surface area contributed by atoms with Crippen molar-refractivity contribution in [2.75, 3.05) is 0 Å². The van der Waals surface area contributed by atoms with Crippen molar-refractivity contribution in [2.45, 2.75) is 39.2 Å². The van der Waals surface area contributed by atoms with Crippen LogP contribution in [-0.2, 0) is 0 Å². The van der Waals surface area contributed by atoms with Gasteiger partial charge in [0.2, 0.25) is 0 Å². The summed E-state index contributed by atoms with van der Waals surface area (Å²) in [5.41, 5.74) is 0. The molecule has 0 bridgehead atoms. The van der Waals surface area contributed by atoms with Gasteiger partial charge in [0.15, 0.2) is 11.6 Å². The summed E-state index contributed by atoms with van der Waals surface area (Å²) in [4.78, 5) is 4.59. The molecular formula is C30H20F2S4. The van der Waals surface area contributed by atoms with E-state index in [0.29, 0.717) is 19.6 Å². The van der Waals surface area contributed by atoms with Crippen molar-refractivity contribution in [2.24, 2.45) is 0 Å². The lowest BCUT2D eigenvalue weighted by molar-refractivity contribution is 0.501. The van der Waals surface area contributed by atoms with Crippen LogP contribution in [0.2, 0.25) is 0 Å². The van der Waals surface area contributed by atoms with Crippen molar-refractivity contribution >= 4 is 47.0 Å². The van der Waals surface area contributed by atoms with E-state index in [1.165, 1.54) is 47.0 Å². The van der Waals surface area contributed by atoms with Crippen molar-refractivity contribution in [3.05, 3.63) is 133 Å². The van der Waals surface area contributed by atoms with Crippen molar-refractivity contribution < 1.29 is 8.78 Å². The zero-order chi connectivity index (χ0) is 24.7. The van der Waals surface area contributed by atoms with Gasteiger partial charge in [-0.05, 0) is 48.5 Å². The molecule has 0 aliphatic heterocycles. The second-order valence-corrected chi connectivity index (χ2v) is 11.9. The topological polar surface area (TPSA) is 0 Å². The summed E-state index contributed by atoms with van der Waals surface area (Å²) in [6, 6.07) is 38.2. The monoisotopic (exact) mass is 546 g/mol. The first-order valence-electron chi connectivity index (χ1n) is 11.2. The van der Waals surface area contributed by atoms with Crippen LogP contribution in [0.4, 0.5) is 8.78 Å². The first-order valence-corrected chi connectivity index (χ1v) is 14.4. The van der Waals surface area contributed by atoms with Crippen molar-refractivity contribution in [3.8, 4) is 0 Å². The fourth-order valence-electron chi connectivity index (χ4n) is 3.40. The molecule has 0 nitrogen and oxygen atoms in total. The zero-order valence-corrected chi connectivity index (χ0v) is 22.2. The Kier molecular flexibility index (Phi) is 8.39. The second kappa shape index (κ2) is 12.1. The standard InChI is InChI=1S/C30H20F2S4/c31-25-27(33-21-13-5-1-6-14-21)28(34-22-15-7-2-8-16-22)26(32)30(36-24-19-11-4-12-20-24)29(25)35-23-17-9-3-10-18-23/h1-20H. The SMILES string of the molecule is Fc1c(Sc2ccccc2)c(Sc2ccccc2)c(F)c(Sc2ccccc2)c1Sc1ccccc1. The van der Waals surface area contributed by atoms with E-state index in [2.05, 4.69) is 0 Å². The molecule has 5 aromatic carbocycles. The fourth-order valence-corrected chi connectivity index (χ4v) is 7.64. The Balaban J connectivity index is 1.70. The van der Waals surface area contributed by atoms with Gasteiger partial charge >= 0.3 is 0 Å². The second-order valence-electron chi connectivity index (χ2n) is 7.60. The van der Waals surface area contributed by atoms with E-state index in [1.807, 2.05) is 121 Å². The van der Waals surface area contributed by atoms with Crippen LogP contribution in [0.1, 0.15) is 0 Å². The third-order valence-electron chi connectivity index (χ3n) is 5.06. The zero-order valence-electron chi connectivity index (χ0n) is 18.9. The van der Waals surface area contributed by atoms with Gasteiger partial charge in [-0.3, -0.25) is 0 Å². The Morgan fingerprint density at radius 2 is 0.500 bits per heavy atom. The molecule has 0 saturated heterocycles. The first kappa shape index (κ1) is 25.0. The highest BCUT2D eigenvalue weighted by atomic mass is 32.2. The first-order chi connectivity index (χ1) is 17.7. The van der Waals surface area contributed by atoms with Gasteiger partial charge in [0.25, 0.3) is 0 Å². The number of rotatable bonds is 8. The summed E-state index contributed by atoms with van der Waals surface area (Å²) in [5.74, 6) is -0.813. The highest BCUT2D eigenvalue weighted by Gasteiger charge is 2.27. The number of hydrogen-bond acceptors (Lipinski definition) is 4. The van der Waals surface area contributed by atoms with Crippen LogP contribution in [0, 0.1) is 11.6 Å². The summed E-state index contributed by atoms with van der Waals surface area (Å²) in [5, 5.41) is 0. The van der Waals surface area contributed by atoms with E-state index >= 15 is 8.78 Å². The van der Waals surface area contributed by atoms with E-state index in [0.717, 1.165) is 19.6 Å². The summed E-state index contributed by atoms with van der Waals surface area (Å²) >= 11 is 5.02. The summed E-state index contributed by atoms with van der Waals surface area (Å²) in [6.07, 6.45) is 0. The predicted octanol–water partition coefficient (Wildman–Crippen LogP) is 10.6. The van der Waals surface area contributed by atoms with Crippen LogP contribution in [0.25, 0.3) is 0 Å². The molecule has 5 aromatic rings. The predicted molar refractivity (Wildman–Crippen MR) is 149 cm³/mol. The van der Waals surface area contributed by atoms with E-state index in [-0.39, 0.29) is 0 Å². The van der Waals surface area contributed by atoms with E-state index < -0.39 is 11.6 Å². The van der Waals surface area contributed by atoms with Crippen LogP contribution in [0.3, 0.4) is 0 Å². The van der Waals surface area contributed by atoms with Gasteiger partial charge in [-0.25, -0.2) is 8.78 Å². The molecule has 0 atom stereocenters. The van der Waals surface area contributed by atoms with Gasteiger partial charge in [0.1, 0.15) is 0 Å². The van der Waals surface area contributed by atoms with E-state index in [1.54, 1.807) is 0 Å². The van der Waals surface area contributed by atoms with Gasteiger partial charge in [0, 0.05) is 19.6 Å². The lowest BCUT2D eigenvalue weighted by Crippen LogP contribution is -1.99. The van der Waals surface area contributed by atoms with Crippen LogP contribution in [0.5, 0.6) is 0 Å². The summed E-state index contributed by atoms with van der Waals surface area (Å²) < 4.78 is 33.0. The van der Waals surface area contributed by atoms with Gasteiger partial charge in [-0.1, -0.05) is 120 Å². The van der Waals surface area contributed by atoms with Crippen LogP contribution >= 0.6 is 47.0 Å². The van der Waals surface area contributed by atoms with Gasteiger partial charge in [-0.2, -0.15) is 0 Å². The largest absolute Gasteiger partial charge is 0.204 e. The maximum atomic E-state index is 16.5. The highest BCUT2D eigenvalue weighted by molar-refractivity contribution is 8.03. The molecule has 0 aliphatic carbocycles. The molecule has 0 N–H and O–H groups in total. The maximum absolute atomic E-state index is 16.5. The molecule has 0 amide bonds. The summed E-state index contributed by atoms with van der Waals surface area (Å²) in [6.45, 7) is 0. The van der Waals surface area contributed by atoms with E-state index in [9.17, 15) is 0 Å². The molecule has 0 spiro atoms. The summed E-state index contributed by atoms with van der Waals surface area (Å²) in [7, 11) is 0. The average Bonchev–Trinajstić information content (AvgIpc) is 2.93. The van der Waals surface area contributed by atoms with Crippen LogP contribution < -0.4 is 0 Å². The lowest BCUT2D eigenvalue weighted by atomic mass is 10.3. The molecule has 0 saturated carbocycles. The Labute approximate surface area is 226 Å². The van der Waals surface area contributed by atoms with Crippen molar-refractivity contribution in [1.82, 2.24) is 0 Å². The third kappa shape index (κ3) is 6.01. The number of benzene rings is 5. The Morgan fingerprint density at radius 1 is 0.306 bits per heavy atom. The minimum atomic E-state index is -0.407. The Bertz CT molecular complexity index is 1210. The van der Waals surface area contributed by atoms with Crippen LogP contribution in [0.15, 0.2) is 160 Å². The molecule has 5 rings (SSSR count). The molecule has 0 radical (unpaired) electrons. The van der Waals surface area contributed by atoms with Gasteiger partial charge in [-0.15, -0.1) is 0 Å². The third-order valence-corrected chi connectivity index (χ3v) is 9.70. The van der Waals surface area contributed by atoms with Crippen molar-refractivity contribution in [3.63, 3.8) is 0 Å². The highest BCUT2D eigenvalue weighted by Crippen LogP contribution is 2.51. The van der Waals surface area contributed by atoms with Crippen molar-refractivity contribution in [1.29, 1.82) is 0 Å². The quantitative estimate of drug-likeness (QED) is 0.190. The number of halogens is 2. The lowest BCUT2D eigenvalue weighted by Gasteiger charge is -2.19. The van der Waals surface area contributed by atoms with Gasteiger partial charge in [0.05, 0.1) is 19.6 Å². The molecule has 0 heterocycles. The maximum Gasteiger partial charge on any atom is 0.153 e. The Hall–Kier alpha value is -2.64. The smallest absolute Gasteiger partial charge is 0.153 e. The molecule has 178 valence electrons. The minimum absolute atomic E-state index is 0.295. The minimum Gasteiger partial charge on any atom is -0.204 e. The van der Waals surface area contributed by atoms with Crippen LogP contribution in [-0.4, -0.2) is 0 Å². The molecule has 0 aliphatic rings. The molecule has 0 fully saturated rings.